The van der Waals surface area contributed by atoms with Crippen molar-refractivity contribution in [2.75, 3.05) is 6.61 Å². The summed E-state index contributed by atoms with van der Waals surface area (Å²) < 4.78 is 5.34. The Labute approximate surface area is 95.2 Å². The first-order valence-electron chi connectivity index (χ1n) is 4.98. The molecule has 82 valence electrons. The highest BCUT2D eigenvalue weighted by Crippen LogP contribution is 2.20. The predicted molar refractivity (Wildman–Crippen MR) is 62.0 cm³/mol. The van der Waals surface area contributed by atoms with Crippen molar-refractivity contribution in [1.29, 1.82) is 0 Å². The number of aryl methyl sites for hydroxylation is 1. The highest BCUT2D eigenvalue weighted by atomic mass is 35.5. The quantitative estimate of drug-likeness (QED) is 0.582. The summed E-state index contributed by atoms with van der Waals surface area (Å²) in [7, 11) is 0. The van der Waals surface area contributed by atoms with Gasteiger partial charge >= 0.3 is 0 Å². The van der Waals surface area contributed by atoms with Crippen LogP contribution in [0.2, 0.25) is 0 Å². The first-order valence-corrected chi connectivity index (χ1v) is 5.41. The van der Waals surface area contributed by atoms with E-state index >= 15 is 0 Å². The van der Waals surface area contributed by atoms with E-state index in [1.807, 2.05) is 26.0 Å². The largest absolute Gasteiger partial charge is 0.494 e. The van der Waals surface area contributed by atoms with Crippen molar-refractivity contribution in [2.45, 2.75) is 26.1 Å². The molecule has 1 atom stereocenters. The number of carbonyl (C=O) groups is 1. The van der Waals surface area contributed by atoms with E-state index in [0.29, 0.717) is 17.9 Å². The van der Waals surface area contributed by atoms with Crippen molar-refractivity contribution in [3.8, 4) is 5.75 Å². The lowest BCUT2D eigenvalue weighted by atomic mass is 10.0. The van der Waals surface area contributed by atoms with Gasteiger partial charge < -0.3 is 4.74 Å². The average molecular weight is 227 g/mol. The Morgan fingerprint density at radius 1 is 1.53 bits per heavy atom. The lowest BCUT2D eigenvalue weighted by Crippen LogP contribution is -2.12. The zero-order chi connectivity index (χ0) is 11.4. The van der Waals surface area contributed by atoms with Gasteiger partial charge in [0.1, 0.15) is 5.75 Å². The number of rotatable bonds is 4. The molecule has 0 radical (unpaired) electrons. The molecule has 0 aliphatic carbocycles. The zero-order valence-electron chi connectivity index (χ0n) is 9.21. The number of alkyl halides is 1. The van der Waals surface area contributed by atoms with Gasteiger partial charge in [-0.05, 0) is 38.5 Å². The Balaban J connectivity index is 3.05. The molecule has 1 rings (SSSR count). The van der Waals surface area contributed by atoms with Crippen LogP contribution in [-0.2, 0) is 0 Å². The van der Waals surface area contributed by atoms with E-state index in [9.17, 15) is 4.79 Å². The summed E-state index contributed by atoms with van der Waals surface area (Å²) in [6.07, 6.45) is 0. The maximum atomic E-state index is 11.7. The molecule has 0 N–H and O–H groups in total. The second-order valence-electron chi connectivity index (χ2n) is 3.39. The Morgan fingerprint density at radius 3 is 2.73 bits per heavy atom. The molecule has 15 heavy (non-hydrogen) atoms. The fraction of sp³-hybridized carbons (Fsp3) is 0.417. The molecule has 0 saturated carbocycles. The molecule has 0 amide bonds. The third-order valence-electron chi connectivity index (χ3n) is 2.15. The van der Waals surface area contributed by atoms with Crippen LogP contribution in [0, 0.1) is 6.92 Å². The molecule has 0 aliphatic heterocycles. The van der Waals surface area contributed by atoms with E-state index in [4.69, 9.17) is 16.3 Å². The summed E-state index contributed by atoms with van der Waals surface area (Å²) in [4.78, 5) is 11.7. The Kier molecular flexibility index (Phi) is 4.15. The van der Waals surface area contributed by atoms with E-state index in [0.717, 1.165) is 5.56 Å². The van der Waals surface area contributed by atoms with Crippen molar-refractivity contribution in [3.63, 3.8) is 0 Å². The molecule has 1 unspecified atom stereocenters. The molecule has 0 bridgehead atoms. The van der Waals surface area contributed by atoms with Crippen LogP contribution in [0.3, 0.4) is 0 Å². The van der Waals surface area contributed by atoms with E-state index < -0.39 is 5.38 Å². The molecular weight excluding hydrogens is 212 g/mol. The third-order valence-corrected chi connectivity index (χ3v) is 2.34. The number of benzene rings is 1. The second kappa shape index (κ2) is 5.17. The Morgan fingerprint density at radius 2 is 2.20 bits per heavy atom. The molecular formula is C12H15ClO2. The number of ether oxygens (including phenoxy) is 1. The molecule has 0 aliphatic rings. The van der Waals surface area contributed by atoms with Crippen LogP contribution < -0.4 is 4.74 Å². The number of halogens is 1. The molecule has 3 heteroatoms. The van der Waals surface area contributed by atoms with Crippen molar-refractivity contribution in [3.05, 3.63) is 29.3 Å². The topological polar surface area (TPSA) is 26.3 Å². The maximum Gasteiger partial charge on any atom is 0.180 e. The number of hydrogen-bond acceptors (Lipinski definition) is 2. The van der Waals surface area contributed by atoms with Crippen LogP contribution in [0.4, 0.5) is 0 Å². The predicted octanol–water partition coefficient (Wildman–Crippen LogP) is 3.20. The molecule has 0 aromatic heterocycles. The van der Waals surface area contributed by atoms with Crippen LogP contribution in [-0.4, -0.2) is 17.8 Å². The normalized spacial score (nSPS) is 12.3. The van der Waals surface area contributed by atoms with E-state index in [-0.39, 0.29) is 5.78 Å². The smallest absolute Gasteiger partial charge is 0.180 e. The van der Waals surface area contributed by atoms with E-state index in [2.05, 4.69) is 0 Å². The minimum Gasteiger partial charge on any atom is -0.494 e. The van der Waals surface area contributed by atoms with Gasteiger partial charge in [0.2, 0.25) is 0 Å². The molecule has 0 heterocycles. The maximum absolute atomic E-state index is 11.7. The van der Waals surface area contributed by atoms with Gasteiger partial charge in [-0.15, -0.1) is 11.6 Å². The standard InChI is InChI=1S/C12H15ClO2/c1-4-15-10-6-5-8(2)11(7-10)12(14)9(3)13/h5-7,9H,4H2,1-3H3. The lowest BCUT2D eigenvalue weighted by molar-refractivity contribution is 0.0990. The summed E-state index contributed by atoms with van der Waals surface area (Å²) in [5.41, 5.74) is 1.57. The molecule has 2 nitrogen and oxygen atoms in total. The van der Waals surface area contributed by atoms with Crippen molar-refractivity contribution in [1.82, 2.24) is 0 Å². The zero-order valence-corrected chi connectivity index (χ0v) is 9.97. The highest BCUT2D eigenvalue weighted by Gasteiger charge is 2.15. The van der Waals surface area contributed by atoms with Crippen LogP contribution in [0.15, 0.2) is 18.2 Å². The second-order valence-corrected chi connectivity index (χ2v) is 4.04. The number of carbonyl (C=O) groups excluding carboxylic acids is 1. The van der Waals surface area contributed by atoms with Crippen LogP contribution in [0.5, 0.6) is 5.75 Å². The van der Waals surface area contributed by atoms with Gasteiger partial charge in [-0.3, -0.25) is 4.79 Å². The van der Waals surface area contributed by atoms with Crippen LogP contribution in [0.25, 0.3) is 0 Å². The van der Waals surface area contributed by atoms with Crippen LogP contribution >= 0.6 is 11.6 Å². The number of ketones is 1. The minimum atomic E-state index is -0.499. The monoisotopic (exact) mass is 226 g/mol. The molecule has 0 fully saturated rings. The first-order chi connectivity index (χ1) is 7.06. The summed E-state index contributed by atoms with van der Waals surface area (Å²) in [5.74, 6) is 0.652. The fourth-order valence-electron chi connectivity index (χ4n) is 1.34. The highest BCUT2D eigenvalue weighted by molar-refractivity contribution is 6.33. The van der Waals surface area contributed by atoms with Gasteiger partial charge in [0.05, 0.1) is 12.0 Å². The van der Waals surface area contributed by atoms with E-state index in [1.165, 1.54) is 0 Å². The summed E-state index contributed by atoms with van der Waals surface area (Å²) in [5, 5.41) is -0.499. The Hall–Kier alpha value is -1.02. The van der Waals surface area contributed by atoms with Gasteiger partial charge in [0.15, 0.2) is 5.78 Å². The molecule has 1 aromatic carbocycles. The SMILES string of the molecule is CCOc1ccc(C)c(C(=O)C(C)Cl)c1. The van der Waals surface area contributed by atoms with Crippen molar-refractivity contribution >= 4 is 17.4 Å². The summed E-state index contributed by atoms with van der Waals surface area (Å²) in [6, 6.07) is 5.48. The van der Waals surface area contributed by atoms with Gasteiger partial charge in [-0.1, -0.05) is 6.07 Å². The molecule has 0 spiro atoms. The van der Waals surface area contributed by atoms with Gasteiger partial charge in [0.25, 0.3) is 0 Å². The number of hydrogen-bond donors (Lipinski definition) is 0. The molecule has 1 aromatic rings. The van der Waals surface area contributed by atoms with Crippen molar-refractivity contribution in [2.24, 2.45) is 0 Å². The van der Waals surface area contributed by atoms with Gasteiger partial charge in [-0.25, -0.2) is 0 Å². The van der Waals surface area contributed by atoms with Gasteiger partial charge in [-0.2, -0.15) is 0 Å². The van der Waals surface area contributed by atoms with Crippen molar-refractivity contribution < 1.29 is 9.53 Å². The minimum absolute atomic E-state index is 0.0595. The fourth-order valence-corrected chi connectivity index (χ4v) is 1.45. The summed E-state index contributed by atoms with van der Waals surface area (Å²) in [6.45, 7) is 6.07. The molecule has 0 saturated heterocycles. The summed E-state index contributed by atoms with van der Waals surface area (Å²) >= 11 is 5.77. The van der Waals surface area contributed by atoms with Crippen LogP contribution in [0.1, 0.15) is 29.8 Å². The lowest BCUT2D eigenvalue weighted by Gasteiger charge is -2.09. The van der Waals surface area contributed by atoms with Gasteiger partial charge in [0, 0.05) is 5.56 Å². The number of Topliss-reactive ketones (excluding diaryl/α,β-unsaturated/α-hetero) is 1. The average Bonchev–Trinajstić information content (AvgIpc) is 2.20. The third kappa shape index (κ3) is 2.96. The Bertz CT molecular complexity index is 359. The van der Waals surface area contributed by atoms with E-state index in [1.54, 1.807) is 13.0 Å². The first kappa shape index (κ1) is 12.1.